The highest BCUT2D eigenvalue weighted by atomic mass is 16.5. The molecule has 1 aliphatic rings. The Bertz CT molecular complexity index is 674. The minimum absolute atomic E-state index is 0.0512. The van der Waals surface area contributed by atoms with Gasteiger partial charge in [-0.25, -0.2) is 0 Å². The molecule has 0 saturated carbocycles. The van der Waals surface area contributed by atoms with Gasteiger partial charge in [0.05, 0.1) is 32.3 Å². The fourth-order valence-corrected chi connectivity index (χ4v) is 3.25. The molecule has 0 aliphatic carbocycles. The molecule has 1 fully saturated rings. The summed E-state index contributed by atoms with van der Waals surface area (Å²) < 4.78 is 15.7. The van der Waals surface area contributed by atoms with Crippen LogP contribution in [0.5, 0.6) is 11.5 Å². The zero-order chi connectivity index (χ0) is 20.0. The molecule has 150 valence electrons. The van der Waals surface area contributed by atoms with Crippen LogP contribution < -0.4 is 14.8 Å². The van der Waals surface area contributed by atoms with E-state index in [0.717, 1.165) is 5.56 Å². The normalized spacial score (nSPS) is 17.6. The standard InChI is InChI=1S/C20H30N2O5/c1-20(2,15-7-8-16(26-4)17(12-15)27-5)21-19(24)14-6-9-18(23)22(13-14)10-11-25-3/h7-8,12,14H,6,9-11,13H2,1-5H3,(H,21,24). The molecule has 1 unspecified atom stereocenters. The Morgan fingerprint density at radius 2 is 1.93 bits per heavy atom. The molecule has 1 saturated heterocycles. The van der Waals surface area contributed by atoms with Gasteiger partial charge >= 0.3 is 0 Å². The number of nitrogens with zero attached hydrogens (tertiary/aromatic N) is 1. The quantitative estimate of drug-likeness (QED) is 0.748. The Morgan fingerprint density at radius 3 is 2.56 bits per heavy atom. The van der Waals surface area contributed by atoms with E-state index >= 15 is 0 Å². The molecule has 0 bridgehead atoms. The Morgan fingerprint density at radius 1 is 1.22 bits per heavy atom. The van der Waals surface area contributed by atoms with Crippen molar-refractivity contribution in [1.82, 2.24) is 10.2 Å². The molecule has 7 nitrogen and oxygen atoms in total. The first-order valence-electron chi connectivity index (χ1n) is 9.13. The molecule has 2 amide bonds. The van der Waals surface area contributed by atoms with E-state index in [0.29, 0.717) is 44.0 Å². The monoisotopic (exact) mass is 378 g/mol. The van der Waals surface area contributed by atoms with E-state index in [1.54, 1.807) is 26.2 Å². The number of piperidine rings is 1. The Balaban J connectivity index is 2.08. The summed E-state index contributed by atoms with van der Waals surface area (Å²) in [5.74, 6) is 1.06. The number of hydrogen-bond donors (Lipinski definition) is 1. The summed E-state index contributed by atoms with van der Waals surface area (Å²) in [6, 6.07) is 5.61. The second-order valence-electron chi connectivity index (χ2n) is 7.25. The van der Waals surface area contributed by atoms with Crippen molar-refractivity contribution in [1.29, 1.82) is 0 Å². The summed E-state index contributed by atoms with van der Waals surface area (Å²) in [5.41, 5.74) is 0.326. The maximum atomic E-state index is 12.9. The maximum absolute atomic E-state index is 12.9. The molecule has 1 N–H and O–H groups in total. The topological polar surface area (TPSA) is 77.1 Å². The molecule has 0 spiro atoms. The van der Waals surface area contributed by atoms with Crippen molar-refractivity contribution in [3.05, 3.63) is 23.8 Å². The summed E-state index contributed by atoms with van der Waals surface area (Å²) in [6.07, 6.45) is 0.953. The van der Waals surface area contributed by atoms with Crippen molar-refractivity contribution in [3.63, 3.8) is 0 Å². The van der Waals surface area contributed by atoms with Crippen LogP contribution in [0.15, 0.2) is 18.2 Å². The van der Waals surface area contributed by atoms with E-state index in [9.17, 15) is 9.59 Å². The molecular formula is C20H30N2O5. The zero-order valence-corrected chi connectivity index (χ0v) is 16.8. The highest BCUT2D eigenvalue weighted by Crippen LogP contribution is 2.32. The van der Waals surface area contributed by atoms with Crippen LogP contribution >= 0.6 is 0 Å². The molecule has 0 aromatic heterocycles. The lowest BCUT2D eigenvalue weighted by Crippen LogP contribution is -2.50. The first-order valence-corrected chi connectivity index (χ1v) is 9.13. The van der Waals surface area contributed by atoms with Gasteiger partial charge in [-0.1, -0.05) is 6.07 Å². The lowest BCUT2D eigenvalue weighted by molar-refractivity contribution is -0.139. The molecule has 0 radical (unpaired) electrons. The van der Waals surface area contributed by atoms with Gasteiger partial charge in [-0.05, 0) is 38.0 Å². The number of methoxy groups -OCH3 is 3. The van der Waals surface area contributed by atoms with Crippen molar-refractivity contribution in [2.45, 2.75) is 32.2 Å². The van der Waals surface area contributed by atoms with E-state index < -0.39 is 5.54 Å². The molecule has 1 heterocycles. The third kappa shape index (κ3) is 5.13. The van der Waals surface area contributed by atoms with Crippen molar-refractivity contribution in [2.75, 3.05) is 41.0 Å². The second kappa shape index (κ2) is 9.08. The van der Waals surface area contributed by atoms with Crippen LogP contribution in [0.3, 0.4) is 0 Å². The van der Waals surface area contributed by atoms with E-state index in [1.165, 1.54) is 0 Å². The molecule has 1 aromatic carbocycles. The largest absolute Gasteiger partial charge is 0.493 e. The van der Waals surface area contributed by atoms with Gasteiger partial charge in [-0.3, -0.25) is 9.59 Å². The van der Waals surface area contributed by atoms with Gasteiger partial charge in [-0.2, -0.15) is 0 Å². The average Bonchev–Trinajstić information content (AvgIpc) is 2.66. The highest BCUT2D eigenvalue weighted by Gasteiger charge is 2.33. The van der Waals surface area contributed by atoms with Crippen molar-refractivity contribution >= 4 is 11.8 Å². The smallest absolute Gasteiger partial charge is 0.225 e. The van der Waals surface area contributed by atoms with Crippen LogP contribution in [0.1, 0.15) is 32.3 Å². The van der Waals surface area contributed by atoms with E-state index in [-0.39, 0.29) is 17.7 Å². The summed E-state index contributed by atoms with van der Waals surface area (Å²) in [7, 11) is 4.77. The zero-order valence-electron chi connectivity index (χ0n) is 16.8. The van der Waals surface area contributed by atoms with Crippen LogP contribution in [-0.2, 0) is 19.9 Å². The summed E-state index contributed by atoms with van der Waals surface area (Å²) in [5, 5.41) is 3.12. The highest BCUT2D eigenvalue weighted by molar-refractivity contribution is 5.84. The maximum Gasteiger partial charge on any atom is 0.225 e. The molecule has 27 heavy (non-hydrogen) atoms. The van der Waals surface area contributed by atoms with Crippen LogP contribution in [0.2, 0.25) is 0 Å². The lowest BCUT2D eigenvalue weighted by atomic mass is 9.91. The number of amides is 2. The third-order valence-electron chi connectivity index (χ3n) is 4.98. The van der Waals surface area contributed by atoms with Crippen molar-refractivity contribution in [2.24, 2.45) is 5.92 Å². The SMILES string of the molecule is COCCN1CC(C(=O)NC(C)(C)c2ccc(OC)c(OC)c2)CCC1=O. The first-order chi connectivity index (χ1) is 12.8. The lowest BCUT2D eigenvalue weighted by Gasteiger charge is -2.34. The predicted octanol–water partition coefficient (Wildman–Crippen LogP) is 1.94. The third-order valence-corrected chi connectivity index (χ3v) is 4.98. The van der Waals surface area contributed by atoms with Gasteiger partial charge in [-0.15, -0.1) is 0 Å². The average molecular weight is 378 g/mol. The van der Waals surface area contributed by atoms with Crippen LogP contribution in [0, 0.1) is 5.92 Å². The Hall–Kier alpha value is -2.28. The fourth-order valence-electron chi connectivity index (χ4n) is 3.25. The van der Waals surface area contributed by atoms with Crippen LogP contribution in [0.4, 0.5) is 0 Å². The van der Waals surface area contributed by atoms with Gasteiger partial charge in [0.25, 0.3) is 0 Å². The second-order valence-corrected chi connectivity index (χ2v) is 7.25. The number of likely N-dealkylation sites (tertiary alicyclic amines) is 1. The molecule has 2 rings (SSSR count). The number of ether oxygens (including phenoxy) is 3. The molecule has 7 heteroatoms. The van der Waals surface area contributed by atoms with Gasteiger partial charge in [0.15, 0.2) is 11.5 Å². The molecule has 1 aliphatic heterocycles. The summed E-state index contributed by atoms with van der Waals surface area (Å²) in [6.45, 7) is 5.30. The number of benzene rings is 1. The minimum atomic E-state index is -0.588. The number of rotatable bonds is 8. The number of carbonyl (C=O) groups excluding carboxylic acids is 2. The number of carbonyl (C=O) groups is 2. The van der Waals surface area contributed by atoms with Gasteiger partial charge in [0, 0.05) is 26.6 Å². The summed E-state index contributed by atoms with van der Waals surface area (Å²) >= 11 is 0. The summed E-state index contributed by atoms with van der Waals surface area (Å²) in [4.78, 5) is 26.6. The fraction of sp³-hybridized carbons (Fsp3) is 0.600. The van der Waals surface area contributed by atoms with Gasteiger partial charge in [0.2, 0.25) is 11.8 Å². The predicted molar refractivity (Wildman–Crippen MR) is 102 cm³/mol. The number of hydrogen-bond acceptors (Lipinski definition) is 5. The number of nitrogens with one attached hydrogen (secondary N) is 1. The van der Waals surface area contributed by atoms with E-state index in [4.69, 9.17) is 14.2 Å². The Labute approximate surface area is 161 Å². The van der Waals surface area contributed by atoms with Gasteiger partial charge < -0.3 is 24.4 Å². The van der Waals surface area contributed by atoms with E-state index in [1.807, 2.05) is 32.0 Å². The molecular weight excluding hydrogens is 348 g/mol. The Kier molecular flexibility index (Phi) is 7.07. The minimum Gasteiger partial charge on any atom is -0.493 e. The van der Waals surface area contributed by atoms with Crippen molar-refractivity contribution in [3.8, 4) is 11.5 Å². The first kappa shape index (κ1) is 21.0. The van der Waals surface area contributed by atoms with Crippen LogP contribution in [-0.4, -0.2) is 57.7 Å². The van der Waals surface area contributed by atoms with Crippen LogP contribution in [0.25, 0.3) is 0 Å². The van der Waals surface area contributed by atoms with Crippen molar-refractivity contribution < 1.29 is 23.8 Å². The molecule has 1 atom stereocenters. The van der Waals surface area contributed by atoms with Gasteiger partial charge in [0.1, 0.15) is 0 Å². The molecule has 1 aromatic rings. The van der Waals surface area contributed by atoms with E-state index in [2.05, 4.69) is 5.32 Å².